The molecule has 0 radical (unpaired) electrons. The zero-order valence-corrected chi connectivity index (χ0v) is 20.7. The molecule has 10 heteroatoms. The second kappa shape index (κ2) is 11.9. The fourth-order valence-corrected chi connectivity index (χ4v) is 4.27. The van der Waals surface area contributed by atoms with Crippen LogP contribution in [0.1, 0.15) is 37.8 Å². The summed E-state index contributed by atoms with van der Waals surface area (Å²) in [6.45, 7) is 5.43. The number of rotatable bonds is 11. The fraction of sp³-hybridized carbons (Fsp3) is 0.417. The molecule has 0 aliphatic heterocycles. The fourth-order valence-electron chi connectivity index (χ4n) is 3.43. The first-order valence-corrected chi connectivity index (χ1v) is 12.9. The number of halogens is 2. The van der Waals surface area contributed by atoms with Gasteiger partial charge >= 0.3 is 0 Å². The van der Waals surface area contributed by atoms with Gasteiger partial charge in [0.05, 0.1) is 11.9 Å². The second-order valence-electron chi connectivity index (χ2n) is 8.09. The van der Waals surface area contributed by atoms with Crippen LogP contribution < -0.4 is 9.62 Å². The third-order valence-electron chi connectivity index (χ3n) is 5.28. The van der Waals surface area contributed by atoms with Crippen LogP contribution in [0.5, 0.6) is 0 Å². The summed E-state index contributed by atoms with van der Waals surface area (Å²) in [5.74, 6) is -3.36. The van der Waals surface area contributed by atoms with E-state index >= 15 is 0 Å². The SMILES string of the molecule is CCCNC(=O)[C@@H](CC)N(Cc1ccc(C)cc1)C(=O)CN(c1ccc(F)c(F)c1)S(C)(=O)=O. The lowest BCUT2D eigenvalue weighted by Crippen LogP contribution is -2.52. The van der Waals surface area contributed by atoms with Crippen LogP contribution in [0.4, 0.5) is 14.5 Å². The van der Waals surface area contributed by atoms with Crippen LogP contribution in [0.25, 0.3) is 0 Å². The molecule has 0 saturated carbocycles. The standard InChI is InChI=1S/C24H31F2N3O4S/c1-5-13-27-24(31)22(6-2)28(15-18-9-7-17(3)8-10-18)23(30)16-29(34(4,32)33)19-11-12-20(25)21(26)14-19/h7-12,14,22H,5-6,13,15-16H2,1-4H3,(H,27,31)/t22-/m1/s1. The molecule has 2 amide bonds. The van der Waals surface area contributed by atoms with Gasteiger partial charge in [0.2, 0.25) is 21.8 Å². The lowest BCUT2D eigenvalue weighted by atomic mass is 10.1. The zero-order chi connectivity index (χ0) is 25.5. The number of carbonyl (C=O) groups excluding carboxylic acids is 2. The van der Waals surface area contributed by atoms with Crippen LogP contribution in [-0.2, 0) is 26.2 Å². The Bertz CT molecular complexity index is 1110. The highest BCUT2D eigenvalue weighted by Gasteiger charge is 2.31. The van der Waals surface area contributed by atoms with Gasteiger partial charge in [0, 0.05) is 19.2 Å². The molecule has 1 N–H and O–H groups in total. The van der Waals surface area contributed by atoms with Gasteiger partial charge in [-0.25, -0.2) is 17.2 Å². The first-order valence-electron chi connectivity index (χ1n) is 11.0. The van der Waals surface area contributed by atoms with Crippen molar-refractivity contribution in [2.24, 2.45) is 0 Å². The summed E-state index contributed by atoms with van der Waals surface area (Å²) < 4.78 is 52.8. The van der Waals surface area contributed by atoms with Gasteiger partial charge in [0.15, 0.2) is 11.6 Å². The van der Waals surface area contributed by atoms with Crippen LogP contribution >= 0.6 is 0 Å². The molecule has 7 nitrogen and oxygen atoms in total. The Morgan fingerprint density at radius 3 is 2.21 bits per heavy atom. The number of nitrogens with one attached hydrogen (secondary N) is 1. The molecule has 34 heavy (non-hydrogen) atoms. The molecular weight excluding hydrogens is 464 g/mol. The van der Waals surface area contributed by atoms with E-state index in [0.717, 1.165) is 35.6 Å². The first-order chi connectivity index (χ1) is 16.0. The maximum atomic E-state index is 13.8. The Kier molecular flexibility index (Phi) is 9.55. The number of hydrogen-bond donors (Lipinski definition) is 1. The summed E-state index contributed by atoms with van der Waals surface area (Å²) in [6, 6.07) is 9.17. The van der Waals surface area contributed by atoms with Gasteiger partial charge in [-0.2, -0.15) is 0 Å². The van der Waals surface area contributed by atoms with E-state index in [1.807, 2.05) is 38.1 Å². The van der Waals surface area contributed by atoms with E-state index in [-0.39, 0.29) is 18.1 Å². The van der Waals surface area contributed by atoms with Crippen molar-refractivity contribution in [1.82, 2.24) is 10.2 Å². The van der Waals surface area contributed by atoms with Crippen molar-refractivity contribution in [3.05, 3.63) is 65.2 Å². The number of carbonyl (C=O) groups is 2. The summed E-state index contributed by atoms with van der Waals surface area (Å²) in [6.07, 6.45) is 1.89. The van der Waals surface area contributed by atoms with E-state index in [2.05, 4.69) is 5.32 Å². The minimum absolute atomic E-state index is 0.0759. The zero-order valence-electron chi connectivity index (χ0n) is 19.8. The predicted molar refractivity (Wildman–Crippen MR) is 128 cm³/mol. The molecule has 0 aliphatic carbocycles. The van der Waals surface area contributed by atoms with Gasteiger partial charge in [-0.15, -0.1) is 0 Å². The lowest BCUT2D eigenvalue weighted by Gasteiger charge is -2.33. The van der Waals surface area contributed by atoms with Crippen LogP contribution in [0.15, 0.2) is 42.5 Å². The van der Waals surface area contributed by atoms with Crippen molar-refractivity contribution >= 4 is 27.5 Å². The van der Waals surface area contributed by atoms with Crippen molar-refractivity contribution in [2.45, 2.75) is 46.2 Å². The molecule has 2 aromatic rings. The highest BCUT2D eigenvalue weighted by atomic mass is 32.2. The third-order valence-corrected chi connectivity index (χ3v) is 6.42. The molecule has 0 fully saturated rings. The van der Waals surface area contributed by atoms with Gasteiger partial charge < -0.3 is 10.2 Å². The number of sulfonamides is 1. The highest BCUT2D eigenvalue weighted by Crippen LogP contribution is 2.22. The van der Waals surface area contributed by atoms with Crippen molar-refractivity contribution in [1.29, 1.82) is 0 Å². The first kappa shape index (κ1) is 27.2. The van der Waals surface area contributed by atoms with E-state index in [1.54, 1.807) is 6.92 Å². The highest BCUT2D eigenvalue weighted by molar-refractivity contribution is 7.92. The second-order valence-corrected chi connectivity index (χ2v) is 10.00. The van der Waals surface area contributed by atoms with Crippen LogP contribution in [0.2, 0.25) is 0 Å². The average Bonchev–Trinajstić information content (AvgIpc) is 2.78. The molecule has 2 rings (SSSR count). The maximum Gasteiger partial charge on any atom is 0.244 e. The lowest BCUT2D eigenvalue weighted by molar-refractivity contribution is -0.140. The molecular formula is C24H31F2N3O4S. The molecule has 2 aromatic carbocycles. The minimum Gasteiger partial charge on any atom is -0.354 e. The Morgan fingerprint density at radius 2 is 1.68 bits per heavy atom. The van der Waals surface area contributed by atoms with E-state index in [1.165, 1.54) is 4.90 Å². The van der Waals surface area contributed by atoms with Gasteiger partial charge in [-0.3, -0.25) is 13.9 Å². The Hall–Kier alpha value is -3.01. The monoisotopic (exact) mass is 495 g/mol. The van der Waals surface area contributed by atoms with E-state index in [4.69, 9.17) is 0 Å². The van der Waals surface area contributed by atoms with E-state index < -0.39 is 40.2 Å². The topological polar surface area (TPSA) is 86.8 Å². The summed E-state index contributed by atoms with van der Waals surface area (Å²) >= 11 is 0. The average molecular weight is 496 g/mol. The Labute approximate surface area is 199 Å². The number of nitrogens with zero attached hydrogens (tertiary/aromatic N) is 2. The predicted octanol–water partition coefficient (Wildman–Crippen LogP) is 3.37. The van der Waals surface area contributed by atoms with E-state index in [0.29, 0.717) is 23.7 Å². The molecule has 0 heterocycles. The summed E-state index contributed by atoms with van der Waals surface area (Å²) in [5, 5.41) is 2.79. The van der Waals surface area contributed by atoms with Gasteiger partial charge in [-0.1, -0.05) is 43.7 Å². The molecule has 0 aromatic heterocycles. The van der Waals surface area contributed by atoms with Crippen molar-refractivity contribution < 1.29 is 26.8 Å². The van der Waals surface area contributed by atoms with Gasteiger partial charge in [0.1, 0.15) is 12.6 Å². The quantitative estimate of drug-likeness (QED) is 0.518. The van der Waals surface area contributed by atoms with Gasteiger partial charge in [-0.05, 0) is 37.5 Å². The maximum absolute atomic E-state index is 13.8. The molecule has 0 aliphatic rings. The van der Waals surface area contributed by atoms with E-state index in [9.17, 15) is 26.8 Å². The molecule has 186 valence electrons. The number of benzene rings is 2. The summed E-state index contributed by atoms with van der Waals surface area (Å²) in [5.41, 5.74) is 1.60. The number of anilines is 1. The molecule has 0 bridgehead atoms. The minimum atomic E-state index is -4.03. The number of amides is 2. The Balaban J connectivity index is 2.43. The van der Waals surface area contributed by atoms with Gasteiger partial charge in [0.25, 0.3) is 0 Å². The summed E-state index contributed by atoms with van der Waals surface area (Å²) in [7, 11) is -4.03. The van der Waals surface area contributed by atoms with Crippen molar-refractivity contribution in [2.75, 3.05) is 23.7 Å². The van der Waals surface area contributed by atoms with Crippen LogP contribution in [0.3, 0.4) is 0 Å². The Morgan fingerprint density at radius 1 is 1.03 bits per heavy atom. The normalized spacial score (nSPS) is 12.2. The number of aryl methyl sites for hydroxylation is 1. The molecule has 0 unspecified atom stereocenters. The largest absolute Gasteiger partial charge is 0.354 e. The third kappa shape index (κ3) is 7.24. The van der Waals surface area contributed by atoms with Crippen LogP contribution in [-0.4, -0.2) is 50.5 Å². The molecule has 0 spiro atoms. The molecule has 0 saturated heterocycles. The van der Waals surface area contributed by atoms with Crippen molar-refractivity contribution in [3.63, 3.8) is 0 Å². The number of hydrogen-bond acceptors (Lipinski definition) is 4. The molecule has 1 atom stereocenters. The van der Waals surface area contributed by atoms with Crippen LogP contribution in [0, 0.1) is 18.6 Å². The van der Waals surface area contributed by atoms with Crippen molar-refractivity contribution in [3.8, 4) is 0 Å². The summed E-state index contributed by atoms with van der Waals surface area (Å²) in [4.78, 5) is 27.6. The smallest absolute Gasteiger partial charge is 0.244 e.